The SMILES string of the molecule is Cc1cc(C)cc(OCCN(C)c2ncnc3nc(N)ccc23)c1. The minimum absolute atomic E-state index is 0.452. The van der Waals surface area contributed by atoms with Crippen LogP contribution in [-0.4, -0.2) is 35.2 Å². The largest absolute Gasteiger partial charge is 0.492 e. The van der Waals surface area contributed by atoms with Crippen molar-refractivity contribution in [3.63, 3.8) is 0 Å². The summed E-state index contributed by atoms with van der Waals surface area (Å²) >= 11 is 0. The highest BCUT2D eigenvalue weighted by Gasteiger charge is 2.10. The lowest BCUT2D eigenvalue weighted by atomic mass is 10.1. The zero-order valence-electron chi connectivity index (χ0n) is 14.2. The first kappa shape index (κ1) is 16.0. The van der Waals surface area contributed by atoms with Crippen LogP contribution >= 0.6 is 0 Å². The molecule has 0 amide bonds. The summed E-state index contributed by atoms with van der Waals surface area (Å²) < 4.78 is 5.87. The maximum Gasteiger partial charge on any atom is 0.166 e. The lowest BCUT2D eigenvalue weighted by Gasteiger charge is -2.19. The Labute approximate surface area is 141 Å². The van der Waals surface area contributed by atoms with E-state index in [-0.39, 0.29) is 0 Å². The Kier molecular flexibility index (Phi) is 4.46. The molecular weight excluding hydrogens is 302 g/mol. The third-order valence-electron chi connectivity index (χ3n) is 3.75. The van der Waals surface area contributed by atoms with Crippen molar-refractivity contribution < 1.29 is 4.74 Å². The van der Waals surface area contributed by atoms with Crippen molar-refractivity contribution in [1.29, 1.82) is 0 Å². The van der Waals surface area contributed by atoms with Gasteiger partial charge in [0.05, 0.1) is 11.9 Å². The van der Waals surface area contributed by atoms with Crippen molar-refractivity contribution in [3.8, 4) is 5.75 Å². The summed E-state index contributed by atoms with van der Waals surface area (Å²) in [6.45, 7) is 5.40. The molecule has 24 heavy (non-hydrogen) atoms. The molecule has 0 unspecified atom stereocenters. The van der Waals surface area contributed by atoms with Gasteiger partial charge in [0.2, 0.25) is 0 Å². The Hall–Kier alpha value is -2.89. The molecule has 0 bridgehead atoms. The molecule has 0 aliphatic carbocycles. The molecule has 0 saturated carbocycles. The fourth-order valence-electron chi connectivity index (χ4n) is 2.67. The standard InChI is InChI=1S/C18H21N5O/c1-12-8-13(2)10-14(9-12)24-7-6-23(3)18-15-4-5-16(19)22-17(15)20-11-21-18/h4-5,8-11H,6-7H2,1-3H3,(H2,19,20,21,22). The number of likely N-dealkylation sites (N-methyl/N-ethyl adjacent to an activating group) is 1. The zero-order valence-corrected chi connectivity index (χ0v) is 14.2. The number of pyridine rings is 1. The second-order valence-corrected chi connectivity index (χ2v) is 5.90. The molecule has 3 rings (SSSR count). The summed E-state index contributed by atoms with van der Waals surface area (Å²) in [6.07, 6.45) is 1.51. The van der Waals surface area contributed by atoms with Crippen molar-refractivity contribution in [2.24, 2.45) is 0 Å². The number of nitrogen functional groups attached to an aromatic ring is 1. The molecule has 0 spiro atoms. The molecule has 2 N–H and O–H groups in total. The third kappa shape index (κ3) is 3.53. The van der Waals surface area contributed by atoms with Gasteiger partial charge in [-0.15, -0.1) is 0 Å². The summed E-state index contributed by atoms with van der Waals surface area (Å²) in [5.41, 5.74) is 8.71. The van der Waals surface area contributed by atoms with Crippen molar-refractivity contribution in [3.05, 3.63) is 47.8 Å². The Balaban J connectivity index is 1.70. The third-order valence-corrected chi connectivity index (χ3v) is 3.75. The molecule has 2 heterocycles. The number of rotatable bonds is 5. The number of nitrogens with zero attached hydrogens (tertiary/aromatic N) is 4. The van der Waals surface area contributed by atoms with E-state index < -0.39 is 0 Å². The normalized spacial score (nSPS) is 10.8. The molecule has 6 nitrogen and oxygen atoms in total. The molecule has 2 aromatic heterocycles. The van der Waals surface area contributed by atoms with Gasteiger partial charge in [-0.3, -0.25) is 0 Å². The maximum absolute atomic E-state index is 5.87. The van der Waals surface area contributed by atoms with Gasteiger partial charge in [-0.25, -0.2) is 15.0 Å². The Morgan fingerprint density at radius 3 is 2.58 bits per heavy atom. The van der Waals surface area contributed by atoms with Crippen molar-refractivity contribution in [2.45, 2.75) is 13.8 Å². The fraction of sp³-hybridized carbons (Fsp3) is 0.278. The van der Waals surface area contributed by atoms with Crippen molar-refractivity contribution >= 4 is 22.7 Å². The van der Waals surface area contributed by atoms with Gasteiger partial charge < -0.3 is 15.4 Å². The van der Waals surface area contributed by atoms with Crippen LogP contribution in [0.15, 0.2) is 36.7 Å². The van der Waals surface area contributed by atoms with Crippen LogP contribution in [0.2, 0.25) is 0 Å². The first-order valence-electron chi connectivity index (χ1n) is 7.82. The molecule has 0 aliphatic rings. The number of anilines is 2. The van der Waals surface area contributed by atoms with Crippen LogP contribution in [0.25, 0.3) is 11.0 Å². The number of fused-ring (bicyclic) bond motifs is 1. The van der Waals surface area contributed by atoms with E-state index in [4.69, 9.17) is 10.5 Å². The molecule has 3 aromatic rings. The predicted molar refractivity (Wildman–Crippen MR) is 96.4 cm³/mol. The number of benzene rings is 1. The van der Waals surface area contributed by atoms with Gasteiger partial charge in [-0.2, -0.15) is 0 Å². The second-order valence-electron chi connectivity index (χ2n) is 5.90. The Morgan fingerprint density at radius 2 is 1.83 bits per heavy atom. The summed E-state index contributed by atoms with van der Waals surface area (Å²) in [7, 11) is 1.98. The van der Waals surface area contributed by atoms with Crippen LogP contribution in [0.3, 0.4) is 0 Å². The van der Waals surface area contributed by atoms with Gasteiger partial charge in [-0.1, -0.05) is 6.07 Å². The van der Waals surface area contributed by atoms with E-state index in [0.29, 0.717) is 24.6 Å². The van der Waals surface area contributed by atoms with E-state index in [1.54, 1.807) is 6.07 Å². The molecule has 0 fully saturated rings. The van der Waals surface area contributed by atoms with Crippen LogP contribution in [0.5, 0.6) is 5.75 Å². The molecule has 0 aliphatic heterocycles. The highest BCUT2D eigenvalue weighted by atomic mass is 16.5. The van der Waals surface area contributed by atoms with Crippen LogP contribution in [-0.2, 0) is 0 Å². The van der Waals surface area contributed by atoms with Gasteiger partial charge in [0.1, 0.15) is 30.3 Å². The Morgan fingerprint density at radius 1 is 1.08 bits per heavy atom. The molecule has 6 heteroatoms. The van der Waals surface area contributed by atoms with E-state index in [9.17, 15) is 0 Å². The fourth-order valence-corrected chi connectivity index (χ4v) is 2.67. The number of hydrogen-bond acceptors (Lipinski definition) is 6. The van der Waals surface area contributed by atoms with Crippen LogP contribution in [0.1, 0.15) is 11.1 Å². The van der Waals surface area contributed by atoms with Crippen LogP contribution in [0.4, 0.5) is 11.6 Å². The lowest BCUT2D eigenvalue weighted by Crippen LogP contribution is -2.25. The van der Waals surface area contributed by atoms with Gasteiger partial charge in [0, 0.05) is 7.05 Å². The number of hydrogen-bond donors (Lipinski definition) is 1. The lowest BCUT2D eigenvalue weighted by molar-refractivity contribution is 0.325. The van der Waals surface area contributed by atoms with E-state index in [1.807, 2.05) is 30.1 Å². The minimum Gasteiger partial charge on any atom is -0.492 e. The molecular formula is C18H21N5O. The molecule has 124 valence electrons. The van der Waals surface area contributed by atoms with Crippen molar-refractivity contribution in [1.82, 2.24) is 15.0 Å². The van der Waals surface area contributed by atoms with E-state index in [1.165, 1.54) is 17.5 Å². The Bertz CT molecular complexity index is 845. The smallest absolute Gasteiger partial charge is 0.166 e. The predicted octanol–water partition coefficient (Wildman–Crippen LogP) is 2.74. The quantitative estimate of drug-likeness (QED) is 0.778. The van der Waals surface area contributed by atoms with E-state index in [2.05, 4.69) is 34.9 Å². The maximum atomic E-state index is 5.87. The molecule has 0 atom stereocenters. The molecule has 0 radical (unpaired) electrons. The summed E-state index contributed by atoms with van der Waals surface area (Å²) in [4.78, 5) is 14.8. The zero-order chi connectivity index (χ0) is 17.1. The first-order valence-corrected chi connectivity index (χ1v) is 7.82. The van der Waals surface area contributed by atoms with Crippen LogP contribution < -0.4 is 15.4 Å². The minimum atomic E-state index is 0.452. The number of aromatic nitrogens is 3. The summed E-state index contributed by atoms with van der Waals surface area (Å²) in [6, 6.07) is 9.87. The second kappa shape index (κ2) is 6.70. The van der Waals surface area contributed by atoms with E-state index >= 15 is 0 Å². The van der Waals surface area contributed by atoms with Gasteiger partial charge in [0.15, 0.2) is 5.65 Å². The highest BCUT2D eigenvalue weighted by molar-refractivity contribution is 5.87. The van der Waals surface area contributed by atoms with Crippen molar-refractivity contribution in [2.75, 3.05) is 30.8 Å². The monoisotopic (exact) mass is 323 g/mol. The van der Waals surface area contributed by atoms with Crippen LogP contribution in [0, 0.1) is 13.8 Å². The number of nitrogens with two attached hydrogens (primary N) is 1. The molecule has 0 saturated heterocycles. The highest BCUT2D eigenvalue weighted by Crippen LogP contribution is 2.21. The van der Waals surface area contributed by atoms with Gasteiger partial charge in [-0.05, 0) is 49.2 Å². The summed E-state index contributed by atoms with van der Waals surface area (Å²) in [5, 5.41) is 0.876. The number of ether oxygens (including phenoxy) is 1. The average Bonchev–Trinajstić information content (AvgIpc) is 2.53. The first-order chi connectivity index (χ1) is 11.5. The summed E-state index contributed by atoms with van der Waals surface area (Å²) in [5.74, 6) is 2.16. The van der Waals surface area contributed by atoms with E-state index in [0.717, 1.165) is 17.0 Å². The van der Waals surface area contributed by atoms with Gasteiger partial charge in [0.25, 0.3) is 0 Å². The molecule has 1 aromatic carbocycles. The number of aryl methyl sites for hydroxylation is 2. The topological polar surface area (TPSA) is 77.2 Å². The average molecular weight is 323 g/mol. The van der Waals surface area contributed by atoms with Gasteiger partial charge >= 0.3 is 0 Å².